The van der Waals surface area contributed by atoms with Crippen LogP contribution in [-0.2, 0) is 4.74 Å². The summed E-state index contributed by atoms with van der Waals surface area (Å²) in [7, 11) is 0. The van der Waals surface area contributed by atoms with E-state index in [0.717, 1.165) is 25.1 Å². The van der Waals surface area contributed by atoms with Gasteiger partial charge in [0.1, 0.15) is 6.10 Å². The molecule has 2 aliphatic heterocycles. The molecule has 1 unspecified atom stereocenters. The first kappa shape index (κ1) is 26.1. The quantitative estimate of drug-likeness (QED) is 0.325. The van der Waals surface area contributed by atoms with E-state index in [1.54, 1.807) is 30.3 Å². The number of morpholine rings is 1. The number of rotatable bonds is 6. The highest BCUT2D eigenvalue weighted by Crippen LogP contribution is 2.30. The first-order chi connectivity index (χ1) is 19.0. The number of nitrogens with one attached hydrogen (secondary N) is 2. The average Bonchev–Trinajstić information content (AvgIpc) is 3.36. The molecule has 4 aromatic rings. The fourth-order valence-electron chi connectivity index (χ4n) is 4.93. The molecule has 2 aliphatic rings. The van der Waals surface area contributed by atoms with Gasteiger partial charge < -0.3 is 20.3 Å². The third kappa shape index (κ3) is 5.49. The molecule has 39 heavy (non-hydrogen) atoms. The molecule has 9 nitrogen and oxygen atoms in total. The molecule has 204 valence electrons. The lowest BCUT2D eigenvalue weighted by molar-refractivity contribution is 0.0220. The number of alkyl halides is 2. The smallest absolute Gasteiger partial charge is 0.296 e. The Labute approximate surface area is 233 Å². The van der Waals surface area contributed by atoms with E-state index in [0.29, 0.717) is 59.1 Å². The number of aromatic nitrogens is 5. The molecular formula is C26H26Cl2F2N8O. The number of anilines is 2. The number of hydrogen-bond acceptors (Lipinski definition) is 8. The van der Waals surface area contributed by atoms with Gasteiger partial charge in [-0.2, -0.15) is 15.0 Å². The monoisotopic (exact) mass is 574 g/mol. The van der Waals surface area contributed by atoms with Crippen molar-refractivity contribution < 1.29 is 13.5 Å². The van der Waals surface area contributed by atoms with Crippen LogP contribution in [0.25, 0.3) is 17.0 Å². The van der Waals surface area contributed by atoms with Crippen LogP contribution in [0.4, 0.5) is 20.4 Å². The molecule has 2 saturated heterocycles. The number of para-hydroxylation sites is 2. The molecule has 0 saturated carbocycles. The Morgan fingerprint density at radius 1 is 0.974 bits per heavy atom. The molecule has 0 bridgehead atoms. The SMILES string of the molecule is FC(F)c1nc2ccccc2n1-c1nc(C2CNCCO2)nc(N2CCC(Nc3ccc(Cl)c(Cl)c3)CC2)n1. The van der Waals surface area contributed by atoms with E-state index in [1.165, 1.54) is 4.57 Å². The number of ether oxygens (including phenoxy) is 1. The van der Waals surface area contributed by atoms with Crippen molar-refractivity contribution in [2.24, 2.45) is 0 Å². The van der Waals surface area contributed by atoms with Crippen molar-refractivity contribution in [3.63, 3.8) is 0 Å². The number of nitrogens with zero attached hydrogens (tertiary/aromatic N) is 6. The first-order valence-electron chi connectivity index (χ1n) is 12.8. The molecule has 1 atom stereocenters. The minimum absolute atomic E-state index is 0.101. The summed E-state index contributed by atoms with van der Waals surface area (Å²) < 4.78 is 35.4. The van der Waals surface area contributed by atoms with Crippen LogP contribution < -0.4 is 15.5 Å². The highest BCUT2D eigenvalue weighted by atomic mass is 35.5. The molecule has 0 aliphatic carbocycles. The summed E-state index contributed by atoms with van der Waals surface area (Å²) in [6.45, 7) is 3.08. The second kappa shape index (κ2) is 11.2. The zero-order valence-electron chi connectivity index (χ0n) is 20.8. The average molecular weight is 575 g/mol. The van der Waals surface area contributed by atoms with E-state index < -0.39 is 18.4 Å². The van der Waals surface area contributed by atoms with Crippen LogP contribution in [0, 0.1) is 0 Å². The van der Waals surface area contributed by atoms with E-state index in [9.17, 15) is 8.78 Å². The highest BCUT2D eigenvalue weighted by molar-refractivity contribution is 6.42. The van der Waals surface area contributed by atoms with Crippen molar-refractivity contribution in [2.45, 2.75) is 31.4 Å². The van der Waals surface area contributed by atoms with Crippen molar-refractivity contribution in [1.29, 1.82) is 0 Å². The second-order valence-corrected chi connectivity index (χ2v) is 10.3. The Morgan fingerprint density at radius 2 is 1.77 bits per heavy atom. The fourth-order valence-corrected chi connectivity index (χ4v) is 5.23. The summed E-state index contributed by atoms with van der Waals surface area (Å²) in [5, 5.41) is 7.80. The summed E-state index contributed by atoms with van der Waals surface area (Å²) in [4.78, 5) is 20.3. The third-order valence-electron chi connectivity index (χ3n) is 6.89. The molecular weight excluding hydrogens is 549 g/mol. The van der Waals surface area contributed by atoms with Crippen LogP contribution in [-0.4, -0.2) is 63.3 Å². The number of imidazole rings is 1. The normalized spacial score (nSPS) is 18.7. The van der Waals surface area contributed by atoms with Gasteiger partial charge in [-0.15, -0.1) is 0 Å². The summed E-state index contributed by atoms with van der Waals surface area (Å²) in [6.07, 6.45) is -1.60. The largest absolute Gasteiger partial charge is 0.382 e. The van der Waals surface area contributed by atoms with Crippen LogP contribution >= 0.6 is 23.2 Å². The highest BCUT2D eigenvalue weighted by Gasteiger charge is 2.28. The van der Waals surface area contributed by atoms with E-state index in [-0.39, 0.29) is 12.0 Å². The number of benzene rings is 2. The number of halogens is 4. The molecule has 0 spiro atoms. The van der Waals surface area contributed by atoms with Crippen molar-refractivity contribution >= 4 is 45.9 Å². The number of hydrogen-bond donors (Lipinski definition) is 2. The number of fused-ring (bicyclic) bond motifs is 1. The standard InChI is InChI=1S/C26H26Cl2F2N8O/c27-17-6-5-16(13-18(17)28)32-15-7-10-37(11-8-15)25-34-23(21-14-31-9-12-39-21)35-26(36-25)38-20-4-2-1-3-19(20)33-24(38)22(29)30/h1-6,13,15,21-22,31-32H,7-12,14H2. The van der Waals surface area contributed by atoms with Crippen LogP contribution in [0.2, 0.25) is 10.0 Å². The molecule has 2 fully saturated rings. The Morgan fingerprint density at radius 3 is 2.51 bits per heavy atom. The molecule has 2 aromatic carbocycles. The summed E-state index contributed by atoms with van der Waals surface area (Å²) >= 11 is 12.2. The van der Waals surface area contributed by atoms with Gasteiger partial charge in [-0.25, -0.2) is 13.8 Å². The van der Waals surface area contributed by atoms with Gasteiger partial charge >= 0.3 is 0 Å². The minimum atomic E-state index is -2.81. The predicted molar refractivity (Wildman–Crippen MR) is 146 cm³/mol. The van der Waals surface area contributed by atoms with Crippen molar-refractivity contribution in [2.75, 3.05) is 43.0 Å². The summed E-state index contributed by atoms with van der Waals surface area (Å²) in [5.74, 6) is 0.516. The van der Waals surface area contributed by atoms with Crippen LogP contribution in [0.1, 0.15) is 37.0 Å². The minimum Gasteiger partial charge on any atom is -0.382 e. The Kier molecular flexibility index (Phi) is 7.48. The van der Waals surface area contributed by atoms with Gasteiger partial charge in [-0.3, -0.25) is 4.57 Å². The molecule has 4 heterocycles. The molecule has 13 heteroatoms. The lowest BCUT2D eigenvalue weighted by atomic mass is 10.0. The third-order valence-corrected chi connectivity index (χ3v) is 7.63. The van der Waals surface area contributed by atoms with Crippen molar-refractivity contribution in [3.8, 4) is 5.95 Å². The molecule has 0 radical (unpaired) electrons. The van der Waals surface area contributed by atoms with E-state index in [2.05, 4.69) is 30.5 Å². The van der Waals surface area contributed by atoms with Gasteiger partial charge in [0.25, 0.3) is 6.43 Å². The maximum Gasteiger partial charge on any atom is 0.296 e. The lowest BCUT2D eigenvalue weighted by Crippen LogP contribution is -2.40. The maximum absolute atomic E-state index is 14.1. The summed E-state index contributed by atoms with van der Waals surface area (Å²) in [5.41, 5.74) is 1.85. The Bertz CT molecular complexity index is 1470. The van der Waals surface area contributed by atoms with Crippen LogP contribution in [0.3, 0.4) is 0 Å². The summed E-state index contributed by atoms with van der Waals surface area (Å²) in [6, 6.07) is 12.7. The van der Waals surface area contributed by atoms with Gasteiger partial charge in [-0.1, -0.05) is 35.3 Å². The second-order valence-electron chi connectivity index (χ2n) is 9.49. The van der Waals surface area contributed by atoms with Crippen LogP contribution in [0.15, 0.2) is 42.5 Å². The van der Waals surface area contributed by atoms with E-state index in [1.807, 2.05) is 12.1 Å². The van der Waals surface area contributed by atoms with Gasteiger partial charge in [0.2, 0.25) is 11.9 Å². The van der Waals surface area contributed by atoms with Crippen molar-refractivity contribution in [1.82, 2.24) is 29.8 Å². The fraction of sp³-hybridized carbons (Fsp3) is 0.385. The first-order valence-corrected chi connectivity index (χ1v) is 13.5. The van der Waals surface area contributed by atoms with Crippen LogP contribution in [0.5, 0.6) is 0 Å². The van der Waals surface area contributed by atoms with Crippen molar-refractivity contribution in [3.05, 3.63) is 64.2 Å². The predicted octanol–water partition coefficient (Wildman–Crippen LogP) is 5.20. The number of piperidine rings is 1. The van der Waals surface area contributed by atoms with E-state index in [4.69, 9.17) is 32.9 Å². The topological polar surface area (TPSA) is 93.0 Å². The van der Waals surface area contributed by atoms with E-state index >= 15 is 0 Å². The Hall–Kier alpha value is -3.12. The Balaban J connectivity index is 1.31. The molecule has 6 rings (SSSR count). The molecule has 2 aromatic heterocycles. The van der Waals surface area contributed by atoms with Gasteiger partial charge in [0.15, 0.2) is 11.6 Å². The maximum atomic E-state index is 14.1. The molecule has 0 amide bonds. The molecule has 2 N–H and O–H groups in total. The van der Waals surface area contributed by atoms with Gasteiger partial charge in [-0.05, 0) is 43.2 Å². The lowest BCUT2D eigenvalue weighted by Gasteiger charge is -2.33. The van der Waals surface area contributed by atoms with Gasteiger partial charge in [0, 0.05) is 37.9 Å². The zero-order chi connectivity index (χ0) is 26.9. The van der Waals surface area contributed by atoms with Gasteiger partial charge in [0.05, 0.1) is 27.7 Å². The zero-order valence-corrected chi connectivity index (χ0v) is 22.3.